The largest absolute Gasteiger partial charge is 0.399 e. The lowest BCUT2D eigenvalue weighted by molar-refractivity contribution is 0.213. The second-order valence-corrected chi connectivity index (χ2v) is 3.64. The van der Waals surface area contributed by atoms with E-state index in [2.05, 4.69) is 15.2 Å². The Balaban J connectivity index is 2.41. The lowest BCUT2D eigenvalue weighted by Gasteiger charge is -1.98. The summed E-state index contributed by atoms with van der Waals surface area (Å²) in [5.41, 5.74) is 3.61. The Hall–Kier alpha value is -2.17. The van der Waals surface area contributed by atoms with Gasteiger partial charge in [0.2, 0.25) is 0 Å². The number of pyridine rings is 1. The van der Waals surface area contributed by atoms with E-state index < -0.39 is 0 Å². The van der Waals surface area contributed by atoms with Gasteiger partial charge in [-0.05, 0) is 26.0 Å². The van der Waals surface area contributed by atoms with Gasteiger partial charge in [0.25, 0.3) is 0 Å². The van der Waals surface area contributed by atoms with Crippen LogP contribution in [-0.4, -0.2) is 27.6 Å². The molecule has 0 unspecified atom stereocenters. The third-order valence-corrected chi connectivity index (χ3v) is 2.43. The first-order valence-electron chi connectivity index (χ1n) is 5.27. The molecule has 0 radical (unpaired) electrons. The van der Waals surface area contributed by atoms with Crippen LogP contribution in [0.15, 0.2) is 35.9 Å². The van der Waals surface area contributed by atoms with Crippen LogP contribution in [0.25, 0.3) is 5.69 Å². The second kappa shape index (κ2) is 4.78. The number of oxime groups is 1. The summed E-state index contributed by atoms with van der Waals surface area (Å²) in [5, 5.41) is 8.33. The van der Waals surface area contributed by atoms with Gasteiger partial charge in [0.15, 0.2) is 0 Å². The first-order chi connectivity index (χ1) is 8.22. The molecule has 0 saturated heterocycles. The Morgan fingerprint density at radius 3 is 2.94 bits per heavy atom. The van der Waals surface area contributed by atoms with Gasteiger partial charge in [0.1, 0.15) is 7.11 Å². The first-order valence-corrected chi connectivity index (χ1v) is 5.27. The van der Waals surface area contributed by atoms with Gasteiger partial charge in [0.05, 0.1) is 23.3 Å². The lowest BCUT2D eigenvalue weighted by Crippen LogP contribution is -1.96. The van der Waals surface area contributed by atoms with E-state index in [1.165, 1.54) is 7.11 Å². The van der Waals surface area contributed by atoms with Gasteiger partial charge in [-0.25, -0.2) is 4.68 Å². The van der Waals surface area contributed by atoms with E-state index in [0.29, 0.717) is 0 Å². The SMILES string of the molecule is CON=C(C)c1cn(-c2cccnc2)nc1C. The third kappa shape index (κ3) is 2.33. The van der Waals surface area contributed by atoms with E-state index >= 15 is 0 Å². The zero-order valence-electron chi connectivity index (χ0n) is 10.1. The molecule has 0 atom stereocenters. The van der Waals surface area contributed by atoms with Crippen molar-refractivity contribution < 1.29 is 4.84 Å². The summed E-state index contributed by atoms with van der Waals surface area (Å²) in [7, 11) is 1.53. The molecule has 88 valence electrons. The van der Waals surface area contributed by atoms with Crippen LogP contribution in [0.2, 0.25) is 0 Å². The zero-order chi connectivity index (χ0) is 12.3. The lowest BCUT2D eigenvalue weighted by atomic mass is 10.2. The number of aromatic nitrogens is 3. The summed E-state index contributed by atoms with van der Waals surface area (Å²) >= 11 is 0. The van der Waals surface area contributed by atoms with Gasteiger partial charge in [-0.15, -0.1) is 0 Å². The van der Waals surface area contributed by atoms with Crippen molar-refractivity contribution in [1.29, 1.82) is 0 Å². The van der Waals surface area contributed by atoms with E-state index in [1.807, 2.05) is 32.2 Å². The normalized spacial score (nSPS) is 11.6. The highest BCUT2D eigenvalue weighted by Crippen LogP contribution is 2.12. The van der Waals surface area contributed by atoms with Crippen LogP contribution < -0.4 is 0 Å². The van der Waals surface area contributed by atoms with E-state index in [-0.39, 0.29) is 0 Å². The molecule has 0 aliphatic heterocycles. The molecular formula is C12H14N4O. The Morgan fingerprint density at radius 1 is 1.47 bits per heavy atom. The molecule has 5 nitrogen and oxygen atoms in total. The molecule has 0 amide bonds. The number of hydrogen-bond donors (Lipinski definition) is 0. The van der Waals surface area contributed by atoms with Crippen LogP contribution in [0.1, 0.15) is 18.2 Å². The number of hydrogen-bond acceptors (Lipinski definition) is 4. The van der Waals surface area contributed by atoms with Crippen molar-refractivity contribution in [2.75, 3.05) is 7.11 Å². The van der Waals surface area contributed by atoms with Gasteiger partial charge in [-0.2, -0.15) is 5.10 Å². The smallest absolute Gasteiger partial charge is 0.106 e. The van der Waals surface area contributed by atoms with Gasteiger partial charge in [-0.3, -0.25) is 4.98 Å². The summed E-state index contributed by atoms with van der Waals surface area (Å²) in [4.78, 5) is 8.83. The minimum absolute atomic E-state index is 0.806. The summed E-state index contributed by atoms with van der Waals surface area (Å²) in [5.74, 6) is 0. The molecular weight excluding hydrogens is 216 g/mol. The standard InChI is InChI=1S/C12H14N4O/c1-9-12(10(2)15-17-3)8-16(14-9)11-5-4-6-13-7-11/h4-8H,1-3H3. The predicted octanol–water partition coefficient (Wildman–Crippen LogP) is 1.95. The van der Waals surface area contributed by atoms with E-state index in [9.17, 15) is 0 Å². The summed E-state index contributed by atoms with van der Waals surface area (Å²) < 4.78 is 1.78. The van der Waals surface area contributed by atoms with Crippen LogP contribution in [0.5, 0.6) is 0 Å². The minimum atomic E-state index is 0.806. The van der Waals surface area contributed by atoms with Crippen molar-refractivity contribution in [2.45, 2.75) is 13.8 Å². The fourth-order valence-corrected chi connectivity index (χ4v) is 1.62. The average Bonchev–Trinajstić information content (AvgIpc) is 2.73. The zero-order valence-corrected chi connectivity index (χ0v) is 10.1. The maximum absolute atomic E-state index is 4.77. The number of aryl methyl sites for hydroxylation is 1. The molecule has 2 aromatic rings. The maximum atomic E-state index is 4.77. The van der Waals surface area contributed by atoms with Crippen molar-refractivity contribution >= 4 is 5.71 Å². The Labute approximate surface area is 99.7 Å². The third-order valence-electron chi connectivity index (χ3n) is 2.43. The molecule has 2 heterocycles. The first kappa shape index (κ1) is 11.3. The summed E-state index contributed by atoms with van der Waals surface area (Å²) in [6.45, 7) is 3.83. The van der Waals surface area contributed by atoms with Gasteiger partial charge < -0.3 is 4.84 Å². The van der Waals surface area contributed by atoms with Crippen molar-refractivity contribution in [3.8, 4) is 5.69 Å². The number of rotatable bonds is 3. The number of nitrogens with zero attached hydrogens (tertiary/aromatic N) is 4. The molecule has 0 aromatic carbocycles. The Bertz CT molecular complexity index is 531. The molecule has 2 aromatic heterocycles. The van der Waals surface area contributed by atoms with Gasteiger partial charge in [0, 0.05) is 18.0 Å². The quantitative estimate of drug-likeness (QED) is 0.598. The highest BCUT2D eigenvalue weighted by atomic mass is 16.6. The molecule has 0 aliphatic carbocycles. The molecule has 0 spiro atoms. The van der Waals surface area contributed by atoms with E-state index in [1.54, 1.807) is 17.1 Å². The van der Waals surface area contributed by atoms with Crippen molar-refractivity contribution in [1.82, 2.24) is 14.8 Å². The second-order valence-electron chi connectivity index (χ2n) is 3.64. The fraction of sp³-hybridized carbons (Fsp3) is 0.250. The molecule has 0 saturated carbocycles. The predicted molar refractivity (Wildman–Crippen MR) is 65.3 cm³/mol. The van der Waals surface area contributed by atoms with Gasteiger partial charge >= 0.3 is 0 Å². The Kier molecular flexibility index (Phi) is 3.18. The highest BCUT2D eigenvalue weighted by molar-refractivity contribution is 5.99. The fourth-order valence-electron chi connectivity index (χ4n) is 1.62. The summed E-state index contributed by atoms with van der Waals surface area (Å²) in [6, 6.07) is 3.83. The molecule has 0 fully saturated rings. The molecule has 2 rings (SSSR count). The van der Waals surface area contributed by atoms with E-state index in [0.717, 1.165) is 22.7 Å². The van der Waals surface area contributed by atoms with E-state index in [4.69, 9.17) is 4.84 Å². The molecule has 0 N–H and O–H groups in total. The van der Waals surface area contributed by atoms with Gasteiger partial charge in [-0.1, -0.05) is 5.16 Å². The Morgan fingerprint density at radius 2 is 2.29 bits per heavy atom. The monoisotopic (exact) mass is 230 g/mol. The summed E-state index contributed by atoms with van der Waals surface area (Å²) in [6.07, 6.45) is 5.42. The molecule has 0 aliphatic rings. The average molecular weight is 230 g/mol. The van der Waals surface area contributed by atoms with Crippen molar-refractivity contribution in [2.24, 2.45) is 5.16 Å². The van der Waals surface area contributed by atoms with Crippen LogP contribution in [0.3, 0.4) is 0 Å². The minimum Gasteiger partial charge on any atom is -0.399 e. The van der Waals surface area contributed by atoms with Crippen molar-refractivity contribution in [3.05, 3.63) is 42.0 Å². The van der Waals surface area contributed by atoms with Crippen LogP contribution >= 0.6 is 0 Å². The molecule has 0 bridgehead atoms. The van der Waals surface area contributed by atoms with Crippen LogP contribution in [-0.2, 0) is 4.84 Å². The topological polar surface area (TPSA) is 52.3 Å². The molecule has 5 heteroatoms. The molecule has 17 heavy (non-hydrogen) atoms. The highest BCUT2D eigenvalue weighted by Gasteiger charge is 2.09. The van der Waals surface area contributed by atoms with Crippen LogP contribution in [0, 0.1) is 6.92 Å². The van der Waals surface area contributed by atoms with Crippen molar-refractivity contribution in [3.63, 3.8) is 0 Å². The van der Waals surface area contributed by atoms with Crippen LogP contribution in [0.4, 0.5) is 0 Å². The maximum Gasteiger partial charge on any atom is 0.106 e.